The summed E-state index contributed by atoms with van der Waals surface area (Å²) in [4.78, 5) is 16.1. The molecule has 1 amide bonds. The number of rotatable bonds is 5. The van der Waals surface area contributed by atoms with Gasteiger partial charge in [0.25, 0.3) is 0 Å². The number of imidazole rings is 1. The van der Waals surface area contributed by atoms with Crippen LogP contribution in [0.3, 0.4) is 0 Å². The van der Waals surface area contributed by atoms with Gasteiger partial charge in [0.15, 0.2) is 0 Å². The van der Waals surface area contributed by atoms with Gasteiger partial charge in [0.05, 0.1) is 6.61 Å². The molecule has 3 N–H and O–H groups in total. The van der Waals surface area contributed by atoms with Gasteiger partial charge in [-0.1, -0.05) is 12.1 Å². The first-order chi connectivity index (χ1) is 9.61. The normalized spacial score (nSPS) is 11.0. The van der Waals surface area contributed by atoms with E-state index in [2.05, 4.69) is 10.3 Å². The molecule has 8 heteroatoms. The lowest BCUT2D eigenvalue weighted by molar-refractivity contribution is -0.118. The fraction of sp³-hybridized carbons (Fsp3) is 0.286. The largest absolute Gasteiger partial charge is 0.383 e. The number of amides is 1. The predicted octanol–water partition coefficient (Wildman–Crippen LogP) is 1.84. The molecule has 1 unspecified atom stereocenters. The van der Waals surface area contributed by atoms with Crippen molar-refractivity contribution in [2.75, 3.05) is 19.0 Å². The number of hydrogen-bond acceptors (Lipinski definition) is 4. The fourth-order valence-corrected chi connectivity index (χ4v) is 1.87. The summed E-state index contributed by atoms with van der Waals surface area (Å²) in [6.45, 7) is 0.185. The highest BCUT2D eigenvalue weighted by Gasteiger charge is 2.13. The van der Waals surface area contributed by atoms with E-state index in [9.17, 15) is 4.79 Å². The summed E-state index contributed by atoms with van der Waals surface area (Å²) in [5, 5.41) is 2.77. The summed E-state index contributed by atoms with van der Waals surface area (Å²) < 4.78 is 6.78. The number of nitrogens with one attached hydrogen (secondary N) is 1. The van der Waals surface area contributed by atoms with Crippen LogP contribution in [0.4, 0.5) is 5.69 Å². The topological polar surface area (TPSA) is 82.2 Å². The van der Waals surface area contributed by atoms with Crippen LogP contribution in [0, 0.1) is 0 Å². The van der Waals surface area contributed by atoms with Crippen LogP contribution >= 0.6 is 24.8 Å². The smallest absolute Gasteiger partial charge is 0.243 e. The third kappa shape index (κ3) is 4.99. The Morgan fingerprint density at radius 2 is 2.18 bits per heavy atom. The maximum atomic E-state index is 11.8. The number of methoxy groups -OCH3 is 1. The van der Waals surface area contributed by atoms with E-state index in [0.29, 0.717) is 5.69 Å². The van der Waals surface area contributed by atoms with E-state index in [4.69, 9.17) is 10.5 Å². The lowest BCUT2D eigenvalue weighted by atomic mass is 10.2. The van der Waals surface area contributed by atoms with Crippen LogP contribution < -0.4 is 11.1 Å². The molecule has 0 aliphatic carbocycles. The van der Waals surface area contributed by atoms with Gasteiger partial charge in [-0.15, -0.1) is 24.8 Å². The summed E-state index contributed by atoms with van der Waals surface area (Å²) in [5.41, 5.74) is 7.29. The molecule has 0 aliphatic rings. The molecule has 1 atom stereocenters. The van der Waals surface area contributed by atoms with Crippen molar-refractivity contribution >= 4 is 36.4 Å². The number of ether oxygens (including phenoxy) is 1. The molecular formula is C14H20Cl2N4O2. The average molecular weight is 347 g/mol. The Kier molecular flexibility index (Phi) is 8.74. The summed E-state index contributed by atoms with van der Waals surface area (Å²) in [6.07, 6.45) is 3.60. The summed E-state index contributed by atoms with van der Waals surface area (Å²) in [5.74, 6) is 0.561. The van der Waals surface area contributed by atoms with Crippen molar-refractivity contribution in [2.45, 2.75) is 6.04 Å². The van der Waals surface area contributed by atoms with Gasteiger partial charge < -0.3 is 20.4 Å². The highest BCUT2D eigenvalue weighted by Crippen LogP contribution is 2.20. The Bertz CT molecular complexity index is 604. The summed E-state index contributed by atoms with van der Waals surface area (Å²) >= 11 is 0. The first-order valence-electron chi connectivity index (χ1n) is 6.25. The number of aryl methyl sites for hydroxylation is 1. The number of carbonyl (C=O) groups is 1. The van der Waals surface area contributed by atoms with E-state index in [1.807, 2.05) is 42.1 Å². The van der Waals surface area contributed by atoms with Gasteiger partial charge in [0, 0.05) is 37.8 Å². The maximum Gasteiger partial charge on any atom is 0.243 e. The van der Waals surface area contributed by atoms with Crippen molar-refractivity contribution in [3.63, 3.8) is 0 Å². The van der Waals surface area contributed by atoms with Crippen molar-refractivity contribution in [1.29, 1.82) is 0 Å². The van der Waals surface area contributed by atoms with Crippen LogP contribution in [-0.2, 0) is 16.6 Å². The number of carbonyl (C=O) groups excluding carboxylic acids is 1. The molecule has 122 valence electrons. The summed E-state index contributed by atoms with van der Waals surface area (Å²) in [7, 11) is 3.43. The number of nitrogens with zero attached hydrogens (tertiary/aromatic N) is 2. The van der Waals surface area contributed by atoms with Gasteiger partial charge in [-0.3, -0.25) is 4.79 Å². The third-order valence-electron chi connectivity index (χ3n) is 2.89. The van der Waals surface area contributed by atoms with E-state index >= 15 is 0 Å². The monoisotopic (exact) mass is 346 g/mol. The van der Waals surface area contributed by atoms with Crippen LogP contribution in [0.1, 0.15) is 0 Å². The number of halogens is 2. The van der Waals surface area contributed by atoms with Crippen molar-refractivity contribution < 1.29 is 9.53 Å². The van der Waals surface area contributed by atoms with Crippen molar-refractivity contribution in [3.8, 4) is 11.4 Å². The van der Waals surface area contributed by atoms with Crippen LogP contribution in [0.5, 0.6) is 0 Å². The van der Waals surface area contributed by atoms with E-state index < -0.39 is 6.04 Å². The second kappa shape index (κ2) is 9.42. The molecule has 0 fully saturated rings. The fourth-order valence-electron chi connectivity index (χ4n) is 1.87. The van der Waals surface area contributed by atoms with Gasteiger partial charge in [0.1, 0.15) is 11.9 Å². The SMILES string of the molecule is COCC(N)C(=O)Nc1cccc(-c2nccn2C)c1.Cl.Cl. The molecule has 1 heterocycles. The van der Waals surface area contributed by atoms with Gasteiger partial charge in [-0.05, 0) is 12.1 Å². The first-order valence-corrected chi connectivity index (χ1v) is 6.25. The molecule has 2 rings (SSSR count). The minimum atomic E-state index is -0.684. The highest BCUT2D eigenvalue weighted by atomic mass is 35.5. The molecule has 0 aliphatic heterocycles. The zero-order valence-corrected chi connectivity index (χ0v) is 14.0. The lowest BCUT2D eigenvalue weighted by Gasteiger charge is -2.12. The minimum Gasteiger partial charge on any atom is -0.383 e. The zero-order valence-electron chi connectivity index (χ0n) is 12.4. The molecule has 1 aromatic carbocycles. The second-order valence-electron chi connectivity index (χ2n) is 4.49. The number of anilines is 1. The van der Waals surface area contributed by atoms with Gasteiger partial charge in [-0.25, -0.2) is 4.98 Å². The molecule has 2 aromatic rings. The second-order valence-corrected chi connectivity index (χ2v) is 4.49. The third-order valence-corrected chi connectivity index (χ3v) is 2.89. The molecule has 1 aromatic heterocycles. The Hall–Kier alpha value is -1.60. The maximum absolute atomic E-state index is 11.8. The molecule has 0 saturated carbocycles. The molecule has 0 radical (unpaired) electrons. The van der Waals surface area contributed by atoms with Gasteiger partial charge >= 0.3 is 0 Å². The highest BCUT2D eigenvalue weighted by molar-refractivity contribution is 5.95. The van der Waals surface area contributed by atoms with E-state index in [0.717, 1.165) is 11.4 Å². The van der Waals surface area contributed by atoms with Crippen molar-refractivity contribution in [1.82, 2.24) is 9.55 Å². The minimum absolute atomic E-state index is 0. The van der Waals surface area contributed by atoms with E-state index in [1.165, 1.54) is 7.11 Å². The molecule has 0 saturated heterocycles. The van der Waals surface area contributed by atoms with Crippen LogP contribution in [0.25, 0.3) is 11.4 Å². The molecule has 0 spiro atoms. The Balaban J connectivity index is 0.00000220. The van der Waals surface area contributed by atoms with Gasteiger partial charge in [0.2, 0.25) is 5.91 Å². The van der Waals surface area contributed by atoms with Crippen LogP contribution in [-0.4, -0.2) is 35.2 Å². The van der Waals surface area contributed by atoms with Gasteiger partial charge in [-0.2, -0.15) is 0 Å². The first kappa shape index (κ1) is 20.4. The van der Waals surface area contributed by atoms with Crippen LogP contribution in [0.2, 0.25) is 0 Å². The average Bonchev–Trinajstić information content (AvgIpc) is 2.85. The number of hydrogen-bond donors (Lipinski definition) is 2. The quantitative estimate of drug-likeness (QED) is 0.865. The summed E-state index contributed by atoms with van der Waals surface area (Å²) in [6, 6.07) is 6.79. The Morgan fingerprint density at radius 1 is 1.45 bits per heavy atom. The lowest BCUT2D eigenvalue weighted by Crippen LogP contribution is -2.39. The number of aromatic nitrogens is 2. The zero-order chi connectivity index (χ0) is 14.5. The van der Waals surface area contributed by atoms with E-state index in [-0.39, 0.29) is 37.3 Å². The van der Waals surface area contributed by atoms with Crippen molar-refractivity contribution in [2.24, 2.45) is 12.8 Å². The molecule has 22 heavy (non-hydrogen) atoms. The van der Waals surface area contributed by atoms with Crippen LogP contribution in [0.15, 0.2) is 36.7 Å². The molecule has 6 nitrogen and oxygen atoms in total. The van der Waals surface area contributed by atoms with E-state index in [1.54, 1.807) is 6.20 Å². The number of benzene rings is 1. The Morgan fingerprint density at radius 3 is 2.77 bits per heavy atom. The number of nitrogens with two attached hydrogens (primary N) is 1. The predicted molar refractivity (Wildman–Crippen MR) is 91.6 cm³/mol. The molecule has 0 bridgehead atoms. The standard InChI is InChI=1S/C14H18N4O2.2ClH/c1-18-7-6-16-13(18)10-4-3-5-11(8-10)17-14(19)12(15)9-20-2;;/h3-8,12H,9,15H2,1-2H3,(H,17,19);2*1H. The molecular weight excluding hydrogens is 327 g/mol. The Labute approximate surface area is 141 Å². The van der Waals surface area contributed by atoms with Crippen molar-refractivity contribution in [3.05, 3.63) is 36.7 Å².